The minimum Gasteiger partial charge on any atom is -0.352 e. The number of halogens is 3. The van der Waals surface area contributed by atoms with E-state index in [1.54, 1.807) is 37.3 Å². The number of rotatable bonds is 11. The minimum absolute atomic E-state index is 0.0420. The lowest BCUT2D eigenvalue weighted by Gasteiger charge is -2.33. The summed E-state index contributed by atoms with van der Waals surface area (Å²) in [5, 5.41) is 4.02. The van der Waals surface area contributed by atoms with Crippen LogP contribution in [0.1, 0.15) is 39.2 Å². The van der Waals surface area contributed by atoms with Crippen molar-refractivity contribution < 1.29 is 18.0 Å². The second kappa shape index (κ2) is 12.8. The van der Waals surface area contributed by atoms with Crippen LogP contribution in [0.5, 0.6) is 0 Å². The van der Waals surface area contributed by atoms with Gasteiger partial charge in [-0.25, -0.2) is 8.42 Å². The zero-order chi connectivity index (χ0) is 26.3. The predicted octanol–water partition coefficient (Wildman–Crippen LogP) is 5.13. The number of hydrogen-bond acceptors (Lipinski definition) is 4. The van der Waals surface area contributed by atoms with Gasteiger partial charge < -0.3 is 10.2 Å². The van der Waals surface area contributed by atoms with Gasteiger partial charge in [0, 0.05) is 17.6 Å². The molecule has 2 rings (SSSR count). The maximum absolute atomic E-state index is 13.6. The van der Waals surface area contributed by atoms with Crippen LogP contribution in [-0.2, 0) is 26.2 Å². The number of carbonyl (C=O) groups excluding carboxylic acids is 2. The van der Waals surface area contributed by atoms with Gasteiger partial charge in [-0.1, -0.05) is 54.7 Å². The van der Waals surface area contributed by atoms with Gasteiger partial charge in [-0.05, 0) is 61.7 Å². The molecule has 2 unspecified atom stereocenters. The molecule has 0 saturated carbocycles. The molecule has 0 aliphatic rings. The number of anilines is 1. The fourth-order valence-corrected chi connectivity index (χ4v) is 4.71. The Morgan fingerprint density at radius 2 is 1.60 bits per heavy atom. The molecule has 0 radical (unpaired) electrons. The predicted molar refractivity (Wildman–Crippen MR) is 143 cm³/mol. The zero-order valence-electron chi connectivity index (χ0n) is 20.1. The number of nitrogens with one attached hydrogen (secondary N) is 1. The summed E-state index contributed by atoms with van der Waals surface area (Å²) in [7, 11) is -3.82. The van der Waals surface area contributed by atoms with Crippen molar-refractivity contribution in [1.29, 1.82) is 0 Å². The summed E-state index contributed by atoms with van der Waals surface area (Å²) in [4.78, 5) is 28.1. The van der Waals surface area contributed by atoms with Crippen molar-refractivity contribution in [1.82, 2.24) is 10.2 Å². The summed E-state index contributed by atoms with van der Waals surface area (Å²) in [6, 6.07) is 10.2. The van der Waals surface area contributed by atoms with E-state index in [2.05, 4.69) is 5.32 Å². The Labute approximate surface area is 222 Å². The molecule has 2 atom stereocenters. The van der Waals surface area contributed by atoms with E-state index in [4.69, 9.17) is 34.8 Å². The lowest BCUT2D eigenvalue weighted by molar-refractivity contribution is -0.140. The molecule has 11 heteroatoms. The standard InChI is InChI=1S/C24H30Cl3N3O4S/c1-5-16(3)28-24(32)22(6-2)29(14-17-7-12-20(26)21(27)13-17)23(31)15-30(35(4,33)34)19-10-8-18(25)9-11-19/h7-13,16,22H,5-6,14-15H2,1-4H3,(H,28,32). The highest BCUT2D eigenvalue weighted by molar-refractivity contribution is 7.92. The molecule has 2 aromatic carbocycles. The maximum Gasteiger partial charge on any atom is 0.244 e. The molecule has 35 heavy (non-hydrogen) atoms. The maximum atomic E-state index is 13.6. The lowest BCUT2D eigenvalue weighted by Crippen LogP contribution is -2.53. The highest BCUT2D eigenvalue weighted by Crippen LogP contribution is 2.25. The first-order chi connectivity index (χ1) is 16.4. The van der Waals surface area contributed by atoms with Gasteiger partial charge in [0.25, 0.3) is 0 Å². The molecule has 1 N–H and O–H groups in total. The van der Waals surface area contributed by atoms with Crippen LogP contribution in [0.25, 0.3) is 0 Å². The van der Waals surface area contributed by atoms with Crippen LogP contribution in [0, 0.1) is 0 Å². The van der Waals surface area contributed by atoms with Crippen LogP contribution >= 0.6 is 34.8 Å². The van der Waals surface area contributed by atoms with E-state index in [0.29, 0.717) is 27.1 Å². The quantitative estimate of drug-likeness (QED) is 0.411. The van der Waals surface area contributed by atoms with Crippen LogP contribution in [0.4, 0.5) is 5.69 Å². The third kappa shape index (κ3) is 8.27. The van der Waals surface area contributed by atoms with Crippen molar-refractivity contribution in [3.8, 4) is 0 Å². The molecular formula is C24H30Cl3N3O4S. The summed E-state index contributed by atoms with van der Waals surface area (Å²) in [5.41, 5.74) is 0.941. The van der Waals surface area contributed by atoms with Crippen LogP contribution in [0.2, 0.25) is 15.1 Å². The van der Waals surface area contributed by atoms with E-state index >= 15 is 0 Å². The Hall–Kier alpha value is -2.00. The Morgan fingerprint density at radius 1 is 0.971 bits per heavy atom. The first-order valence-corrected chi connectivity index (χ1v) is 14.1. The monoisotopic (exact) mass is 561 g/mol. The number of nitrogens with zero attached hydrogens (tertiary/aromatic N) is 2. The van der Waals surface area contributed by atoms with Crippen LogP contribution in [0.3, 0.4) is 0 Å². The molecule has 2 aromatic rings. The van der Waals surface area contributed by atoms with Crippen molar-refractivity contribution >= 4 is 62.3 Å². The van der Waals surface area contributed by atoms with Crippen LogP contribution in [-0.4, -0.2) is 50.0 Å². The summed E-state index contributed by atoms with van der Waals surface area (Å²) in [6.07, 6.45) is 2.07. The number of carbonyl (C=O) groups is 2. The Bertz CT molecular complexity index is 1140. The number of amides is 2. The molecule has 0 aliphatic carbocycles. The van der Waals surface area contributed by atoms with Crippen molar-refractivity contribution in [3.63, 3.8) is 0 Å². The topological polar surface area (TPSA) is 86.8 Å². The van der Waals surface area contributed by atoms with E-state index in [-0.39, 0.29) is 24.2 Å². The van der Waals surface area contributed by atoms with Gasteiger partial charge in [-0.2, -0.15) is 0 Å². The molecule has 0 fully saturated rings. The first-order valence-electron chi connectivity index (χ1n) is 11.1. The van der Waals surface area contributed by atoms with Gasteiger partial charge in [-0.3, -0.25) is 13.9 Å². The van der Waals surface area contributed by atoms with Crippen molar-refractivity contribution in [2.45, 2.75) is 52.2 Å². The fourth-order valence-electron chi connectivity index (χ4n) is 3.42. The second-order valence-electron chi connectivity index (χ2n) is 8.26. The smallest absolute Gasteiger partial charge is 0.244 e. The third-order valence-corrected chi connectivity index (χ3v) is 7.65. The number of sulfonamides is 1. The molecule has 2 amide bonds. The average molecular weight is 563 g/mol. The van der Waals surface area contributed by atoms with Gasteiger partial charge >= 0.3 is 0 Å². The fraction of sp³-hybridized carbons (Fsp3) is 0.417. The van der Waals surface area contributed by atoms with Gasteiger partial charge in [0.1, 0.15) is 12.6 Å². The molecule has 7 nitrogen and oxygen atoms in total. The normalized spacial score (nSPS) is 13.1. The minimum atomic E-state index is -3.82. The van der Waals surface area contributed by atoms with E-state index in [1.165, 1.54) is 17.0 Å². The van der Waals surface area contributed by atoms with Crippen molar-refractivity contribution in [3.05, 3.63) is 63.1 Å². The van der Waals surface area contributed by atoms with Gasteiger partial charge in [0.05, 0.1) is 22.0 Å². The highest BCUT2D eigenvalue weighted by Gasteiger charge is 2.32. The summed E-state index contributed by atoms with van der Waals surface area (Å²) in [5.74, 6) is -0.852. The molecular weight excluding hydrogens is 533 g/mol. The van der Waals surface area contributed by atoms with Crippen molar-refractivity contribution in [2.75, 3.05) is 17.1 Å². The number of benzene rings is 2. The number of hydrogen-bond donors (Lipinski definition) is 1. The van der Waals surface area contributed by atoms with Gasteiger partial charge in [-0.15, -0.1) is 0 Å². The first kappa shape index (κ1) is 29.2. The Morgan fingerprint density at radius 3 is 2.11 bits per heavy atom. The molecule has 0 aliphatic heterocycles. The van der Waals surface area contributed by atoms with Crippen molar-refractivity contribution in [2.24, 2.45) is 0 Å². The molecule has 0 saturated heterocycles. The van der Waals surface area contributed by atoms with Crippen LogP contribution < -0.4 is 9.62 Å². The summed E-state index contributed by atoms with van der Waals surface area (Å²) in [6.45, 7) is 5.17. The molecule has 192 valence electrons. The SMILES string of the molecule is CCC(C)NC(=O)C(CC)N(Cc1ccc(Cl)c(Cl)c1)C(=O)CN(c1ccc(Cl)cc1)S(C)(=O)=O. The summed E-state index contributed by atoms with van der Waals surface area (Å²) < 4.78 is 26.2. The Kier molecular flexibility index (Phi) is 10.7. The zero-order valence-corrected chi connectivity index (χ0v) is 23.2. The molecule has 0 spiro atoms. The Balaban J connectivity index is 2.45. The molecule has 0 heterocycles. The van der Waals surface area contributed by atoms with Gasteiger partial charge in [0.15, 0.2) is 0 Å². The summed E-state index contributed by atoms with van der Waals surface area (Å²) >= 11 is 18.1. The average Bonchev–Trinajstić information content (AvgIpc) is 2.79. The van der Waals surface area contributed by atoms with Gasteiger partial charge in [0.2, 0.25) is 21.8 Å². The largest absolute Gasteiger partial charge is 0.352 e. The molecule has 0 bridgehead atoms. The molecule has 0 aromatic heterocycles. The lowest BCUT2D eigenvalue weighted by atomic mass is 10.1. The third-order valence-electron chi connectivity index (χ3n) is 5.52. The van der Waals surface area contributed by atoms with E-state index in [1.807, 2.05) is 13.8 Å². The van der Waals surface area contributed by atoms with E-state index < -0.39 is 28.5 Å². The van der Waals surface area contributed by atoms with Crippen LogP contribution in [0.15, 0.2) is 42.5 Å². The van der Waals surface area contributed by atoms with E-state index in [9.17, 15) is 18.0 Å². The van der Waals surface area contributed by atoms with E-state index in [0.717, 1.165) is 17.0 Å². The second-order valence-corrected chi connectivity index (χ2v) is 11.4. The highest BCUT2D eigenvalue weighted by atomic mass is 35.5.